The third-order valence-electron chi connectivity index (χ3n) is 1.42. The smallest absolute Gasteiger partial charge is 0.342 e. The predicted octanol–water partition coefficient (Wildman–Crippen LogP) is 3.98. The first-order valence-corrected chi connectivity index (χ1v) is 4.11. The molecule has 0 N–H and O–H groups in total. The Hall–Kier alpha value is -1.16. The van der Waals surface area contributed by atoms with Gasteiger partial charge in [0.15, 0.2) is 5.56 Å². The molecule has 1 rings (SSSR count). The second kappa shape index (κ2) is 4.91. The third kappa shape index (κ3) is 2.96. The number of halogens is 4. The maximum atomic E-state index is 12.3. The van der Waals surface area contributed by atoms with E-state index in [1.807, 2.05) is 0 Å². The Labute approximate surface area is 83.8 Å². The lowest BCUT2D eigenvalue weighted by Gasteiger charge is -2.09. The molecule has 14 heavy (non-hydrogen) atoms. The molecule has 0 amide bonds. The van der Waals surface area contributed by atoms with Gasteiger partial charge in [0.25, 0.3) is 0 Å². The minimum atomic E-state index is -2.52. The van der Waals surface area contributed by atoms with Gasteiger partial charge in [0.2, 0.25) is 0 Å². The van der Waals surface area contributed by atoms with E-state index in [0.29, 0.717) is 5.56 Å². The first kappa shape index (κ1) is 10.9. The molecule has 1 aromatic rings. The quantitative estimate of drug-likeness (QED) is 0.555. The van der Waals surface area contributed by atoms with Gasteiger partial charge in [-0.15, -0.1) is 0 Å². The second-order valence-corrected chi connectivity index (χ2v) is 2.78. The van der Waals surface area contributed by atoms with Crippen LogP contribution >= 0.6 is 11.6 Å². The topological polar surface area (TPSA) is 9.23 Å². The second-order valence-electron chi connectivity index (χ2n) is 2.38. The summed E-state index contributed by atoms with van der Waals surface area (Å²) < 4.78 is 39.7. The van der Waals surface area contributed by atoms with Crippen molar-refractivity contribution in [1.29, 1.82) is 0 Å². The number of alkyl halides is 1. The molecule has 0 aliphatic carbocycles. The Kier molecular flexibility index (Phi) is 3.83. The van der Waals surface area contributed by atoms with Crippen LogP contribution in [-0.2, 0) is 4.74 Å². The van der Waals surface area contributed by atoms with Gasteiger partial charge in [-0.3, -0.25) is 0 Å². The fourth-order valence-corrected chi connectivity index (χ4v) is 1.03. The summed E-state index contributed by atoms with van der Waals surface area (Å²) in [6.07, 6.45) is -2.52. The number of hydrogen-bond acceptors (Lipinski definition) is 1. The van der Waals surface area contributed by atoms with Crippen molar-refractivity contribution in [3.05, 3.63) is 48.0 Å². The highest BCUT2D eigenvalue weighted by atomic mass is 35.5. The SMILES string of the molecule is FC(F)=C(F)OC(Cl)c1ccccc1. The van der Waals surface area contributed by atoms with Crippen molar-refractivity contribution in [2.24, 2.45) is 0 Å². The highest BCUT2D eigenvalue weighted by Gasteiger charge is 2.14. The van der Waals surface area contributed by atoms with Gasteiger partial charge < -0.3 is 4.74 Å². The molecule has 0 aromatic heterocycles. The van der Waals surface area contributed by atoms with Crippen LogP contribution in [0.4, 0.5) is 13.2 Å². The van der Waals surface area contributed by atoms with Crippen LogP contribution < -0.4 is 0 Å². The Morgan fingerprint density at radius 1 is 1.14 bits per heavy atom. The van der Waals surface area contributed by atoms with Crippen LogP contribution in [-0.4, -0.2) is 0 Å². The Bertz CT molecular complexity index is 322. The summed E-state index contributed by atoms with van der Waals surface area (Å²) in [5.74, 6) is 0. The summed E-state index contributed by atoms with van der Waals surface area (Å²) in [5, 5.41) is 0. The van der Waals surface area contributed by atoms with Crippen molar-refractivity contribution in [2.45, 2.75) is 5.56 Å². The van der Waals surface area contributed by atoms with E-state index in [1.165, 1.54) is 0 Å². The Morgan fingerprint density at radius 2 is 1.71 bits per heavy atom. The van der Waals surface area contributed by atoms with Gasteiger partial charge in [-0.2, -0.15) is 13.2 Å². The number of ether oxygens (including phenoxy) is 1. The minimum Gasteiger partial charge on any atom is -0.443 e. The summed E-state index contributed by atoms with van der Waals surface area (Å²) in [6.45, 7) is 0. The zero-order valence-corrected chi connectivity index (χ0v) is 7.64. The van der Waals surface area contributed by atoms with Gasteiger partial charge in [0, 0.05) is 5.56 Å². The fourth-order valence-electron chi connectivity index (χ4n) is 0.808. The van der Waals surface area contributed by atoms with Gasteiger partial charge in [-0.1, -0.05) is 41.9 Å². The van der Waals surface area contributed by atoms with Crippen molar-refractivity contribution >= 4 is 11.6 Å². The lowest BCUT2D eigenvalue weighted by molar-refractivity contribution is 0.0981. The van der Waals surface area contributed by atoms with E-state index in [2.05, 4.69) is 4.74 Å². The maximum Gasteiger partial charge on any atom is 0.342 e. The lowest BCUT2D eigenvalue weighted by atomic mass is 10.2. The molecule has 0 saturated carbocycles. The molecule has 0 spiro atoms. The normalized spacial score (nSPS) is 12.0. The highest BCUT2D eigenvalue weighted by Crippen LogP contribution is 2.26. The molecule has 1 nitrogen and oxygen atoms in total. The maximum absolute atomic E-state index is 12.3. The van der Waals surface area contributed by atoms with E-state index in [1.54, 1.807) is 30.3 Å². The van der Waals surface area contributed by atoms with Crippen LogP contribution in [0.3, 0.4) is 0 Å². The largest absolute Gasteiger partial charge is 0.443 e. The molecular formula is C9H6ClF3O. The molecule has 5 heteroatoms. The van der Waals surface area contributed by atoms with Crippen molar-refractivity contribution < 1.29 is 17.9 Å². The molecular weight excluding hydrogens is 217 g/mol. The van der Waals surface area contributed by atoms with Crippen LogP contribution in [0, 0.1) is 0 Å². The molecule has 0 heterocycles. The van der Waals surface area contributed by atoms with E-state index >= 15 is 0 Å². The Balaban J connectivity index is 2.69. The van der Waals surface area contributed by atoms with E-state index in [-0.39, 0.29) is 0 Å². The lowest BCUT2D eigenvalue weighted by Crippen LogP contribution is -1.95. The third-order valence-corrected chi connectivity index (χ3v) is 1.76. The first-order valence-electron chi connectivity index (χ1n) is 3.67. The van der Waals surface area contributed by atoms with Crippen LogP contribution in [0.2, 0.25) is 0 Å². The molecule has 1 aromatic carbocycles. The highest BCUT2D eigenvalue weighted by molar-refractivity contribution is 6.19. The summed E-state index contributed by atoms with van der Waals surface area (Å²) in [4.78, 5) is 0. The molecule has 0 fully saturated rings. The zero-order valence-electron chi connectivity index (χ0n) is 6.88. The molecule has 0 bridgehead atoms. The van der Waals surface area contributed by atoms with Gasteiger partial charge in [0.1, 0.15) is 0 Å². The predicted molar refractivity (Wildman–Crippen MR) is 46.5 cm³/mol. The summed E-state index contributed by atoms with van der Waals surface area (Å²) in [7, 11) is 0. The monoisotopic (exact) mass is 222 g/mol. The van der Waals surface area contributed by atoms with E-state index in [4.69, 9.17) is 11.6 Å². The summed E-state index contributed by atoms with van der Waals surface area (Å²) in [6, 6.07) is 6.13. The number of rotatable bonds is 3. The zero-order chi connectivity index (χ0) is 10.6. The average Bonchev–Trinajstić information content (AvgIpc) is 2.19. The van der Waals surface area contributed by atoms with Crippen LogP contribution in [0.5, 0.6) is 0 Å². The number of hydrogen-bond donors (Lipinski definition) is 0. The molecule has 0 aliphatic rings. The standard InChI is InChI=1S/C9H6ClF3O/c10-7(14-9(13)8(11)12)6-4-2-1-3-5-6/h1-5,7H. The minimum absolute atomic E-state index is 0.408. The van der Waals surface area contributed by atoms with E-state index < -0.39 is 17.7 Å². The van der Waals surface area contributed by atoms with E-state index in [9.17, 15) is 13.2 Å². The molecule has 1 atom stereocenters. The summed E-state index contributed by atoms with van der Waals surface area (Å²) >= 11 is 5.52. The fraction of sp³-hybridized carbons (Fsp3) is 0.111. The molecule has 1 unspecified atom stereocenters. The molecule has 0 radical (unpaired) electrons. The molecule has 0 saturated heterocycles. The molecule has 0 aliphatic heterocycles. The van der Waals surface area contributed by atoms with Gasteiger partial charge in [-0.25, -0.2) is 0 Å². The van der Waals surface area contributed by atoms with Gasteiger partial charge >= 0.3 is 12.1 Å². The van der Waals surface area contributed by atoms with Crippen molar-refractivity contribution in [2.75, 3.05) is 0 Å². The van der Waals surface area contributed by atoms with Crippen molar-refractivity contribution in [3.8, 4) is 0 Å². The average molecular weight is 223 g/mol. The summed E-state index contributed by atoms with van der Waals surface area (Å²) in [5.41, 5.74) is -0.844. The Morgan fingerprint density at radius 3 is 2.21 bits per heavy atom. The van der Waals surface area contributed by atoms with Gasteiger partial charge in [0.05, 0.1) is 0 Å². The van der Waals surface area contributed by atoms with E-state index in [0.717, 1.165) is 0 Å². The van der Waals surface area contributed by atoms with Crippen LogP contribution in [0.1, 0.15) is 11.1 Å². The first-order chi connectivity index (χ1) is 6.61. The van der Waals surface area contributed by atoms with Crippen molar-refractivity contribution in [1.82, 2.24) is 0 Å². The van der Waals surface area contributed by atoms with Crippen LogP contribution in [0.15, 0.2) is 42.4 Å². The van der Waals surface area contributed by atoms with Crippen LogP contribution in [0.25, 0.3) is 0 Å². The number of benzene rings is 1. The van der Waals surface area contributed by atoms with Crippen molar-refractivity contribution in [3.63, 3.8) is 0 Å². The van der Waals surface area contributed by atoms with Gasteiger partial charge in [-0.05, 0) is 0 Å². The molecule has 76 valence electrons.